The van der Waals surface area contributed by atoms with Crippen LogP contribution in [0.4, 0.5) is 11.4 Å². The quantitative estimate of drug-likeness (QED) is 0.870. The van der Waals surface area contributed by atoms with Gasteiger partial charge in [0.05, 0.1) is 5.92 Å². The number of anilines is 2. The van der Waals surface area contributed by atoms with Gasteiger partial charge in [0.2, 0.25) is 5.91 Å². The molecule has 0 aliphatic carbocycles. The summed E-state index contributed by atoms with van der Waals surface area (Å²) in [5.41, 5.74) is 5.30. The highest BCUT2D eigenvalue weighted by molar-refractivity contribution is 5.98. The lowest BCUT2D eigenvalue weighted by Crippen LogP contribution is -2.32. The Morgan fingerprint density at radius 1 is 1.09 bits per heavy atom. The normalized spacial score (nSPS) is 20.0. The predicted octanol–water partition coefficient (Wildman–Crippen LogP) is 4.23. The fourth-order valence-electron chi connectivity index (χ4n) is 3.21. The van der Waals surface area contributed by atoms with E-state index in [0.717, 1.165) is 34.5 Å². The SMILES string of the molecule is Cc1cccc(C)c1NC(=O)C1CC(C)Nc2ccccc21. The van der Waals surface area contributed by atoms with Gasteiger partial charge < -0.3 is 10.6 Å². The summed E-state index contributed by atoms with van der Waals surface area (Å²) in [5, 5.41) is 6.59. The Morgan fingerprint density at radius 2 is 1.77 bits per heavy atom. The molecule has 0 bridgehead atoms. The number of rotatable bonds is 2. The van der Waals surface area contributed by atoms with E-state index in [-0.39, 0.29) is 11.8 Å². The van der Waals surface area contributed by atoms with Crippen molar-refractivity contribution in [3.63, 3.8) is 0 Å². The van der Waals surface area contributed by atoms with Crippen molar-refractivity contribution in [3.05, 3.63) is 59.2 Å². The van der Waals surface area contributed by atoms with E-state index in [2.05, 4.69) is 17.6 Å². The van der Waals surface area contributed by atoms with Gasteiger partial charge in [0.25, 0.3) is 0 Å². The molecule has 2 aromatic rings. The molecule has 2 atom stereocenters. The third-order valence-electron chi connectivity index (χ3n) is 4.37. The summed E-state index contributed by atoms with van der Waals surface area (Å²) in [4.78, 5) is 12.8. The number of hydrogen-bond donors (Lipinski definition) is 2. The average molecular weight is 294 g/mol. The van der Waals surface area contributed by atoms with Crippen LogP contribution in [0.25, 0.3) is 0 Å². The van der Waals surface area contributed by atoms with Crippen LogP contribution in [0.15, 0.2) is 42.5 Å². The predicted molar refractivity (Wildman–Crippen MR) is 91.4 cm³/mol. The van der Waals surface area contributed by atoms with E-state index in [9.17, 15) is 4.79 Å². The first-order chi connectivity index (χ1) is 10.6. The largest absolute Gasteiger partial charge is 0.382 e. The summed E-state index contributed by atoms with van der Waals surface area (Å²) in [6.45, 7) is 6.18. The average Bonchev–Trinajstić information content (AvgIpc) is 2.50. The highest BCUT2D eigenvalue weighted by Crippen LogP contribution is 2.35. The van der Waals surface area contributed by atoms with Gasteiger partial charge in [-0.05, 0) is 49.9 Å². The van der Waals surface area contributed by atoms with Crippen LogP contribution in [0.5, 0.6) is 0 Å². The Balaban J connectivity index is 1.90. The number of carbonyl (C=O) groups excluding carboxylic acids is 1. The monoisotopic (exact) mass is 294 g/mol. The van der Waals surface area contributed by atoms with Gasteiger partial charge in [-0.2, -0.15) is 0 Å². The fourth-order valence-corrected chi connectivity index (χ4v) is 3.21. The zero-order valence-electron chi connectivity index (χ0n) is 13.3. The lowest BCUT2D eigenvalue weighted by Gasteiger charge is -2.30. The van der Waals surface area contributed by atoms with Gasteiger partial charge in [-0.15, -0.1) is 0 Å². The Morgan fingerprint density at radius 3 is 2.50 bits per heavy atom. The van der Waals surface area contributed by atoms with E-state index in [0.29, 0.717) is 6.04 Å². The van der Waals surface area contributed by atoms with Crippen LogP contribution >= 0.6 is 0 Å². The third-order valence-corrected chi connectivity index (χ3v) is 4.37. The van der Waals surface area contributed by atoms with Gasteiger partial charge in [-0.3, -0.25) is 4.79 Å². The van der Waals surface area contributed by atoms with Crippen molar-refractivity contribution in [1.29, 1.82) is 0 Å². The Hall–Kier alpha value is -2.29. The maximum atomic E-state index is 12.8. The Bertz CT molecular complexity index is 688. The van der Waals surface area contributed by atoms with Crippen molar-refractivity contribution in [2.45, 2.75) is 39.2 Å². The summed E-state index contributed by atoms with van der Waals surface area (Å²) in [7, 11) is 0. The lowest BCUT2D eigenvalue weighted by atomic mass is 9.86. The summed E-state index contributed by atoms with van der Waals surface area (Å²) < 4.78 is 0. The molecule has 0 fully saturated rings. The third kappa shape index (κ3) is 2.71. The van der Waals surface area contributed by atoms with Crippen molar-refractivity contribution in [1.82, 2.24) is 0 Å². The van der Waals surface area contributed by atoms with E-state index in [1.807, 2.05) is 56.3 Å². The number of fused-ring (bicyclic) bond motifs is 1. The molecular weight excluding hydrogens is 272 g/mol. The smallest absolute Gasteiger partial charge is 0.232 e. The molecule has 1 aliphatic rings. The minimum absolute atomic E-state index is 0.0817. The molecule has 3 nitrogen and oxygen atoms in total. The van der Waals surface area contributed by atoms with Crippen LogP contribution in [0.2, 0.25) is 0 Å². The Labute approximate surface area is 131 Å². The second-order valence-corrected chi connectivity index (χ2v) is 6.18. The molecule has 1 heterocycles. The number of para-hydroxylation sites is 2. The van der Waals surface area contributed by atoms with Crippen LogP contribution in [0.3, 0.4) is 0 Å². The van der Waals surface area contributed by atoms with Crippen molar-refractivity contribution in [3.8, 4) is 0 Å². The lowest BCUT2D eigenvalue weighted by molar-refractivity contribution is -0.117. The molecule has 0 spiro atoms. The molecule has 3 rings (SSSR count). The van der Waals surface area contributed by atoms with E-state index in [1.165, 1.54) is 0 Å². The molecule has 1 amide bonds. The van der Waals surface area contributed by atoms with E-state index < -0.39 is 0 Å². The van der Waals surface area contributed by atoms with E-state index in [1.54, 1.807) is 0 Å². The first-order valence-electron chi connectivity index (χ1n) is 7.79. The van der Waals surface area contributed by atoms with Crippen LogP contribution in [-0.4, -0.2) is 11.9 Å². The topological polar surface area (TPSA) is 41.1 Å². The van der Waals surface area contributed by atoms with E-state index in [4.69, 9.17) is 0 Å². The maximum Gasteiger partial charge on any atom is 0.232 e. The van der Waals surface area contributed by atoms with Gasteiger partial charge in [0.15, 0.2) is 0 Å². The van der Waals surface area contributed by atoms with Crippen molar-refractivity contribution >= 4 is 17.3 Å². The number of hydrogen-bond acceptors (Lipinski definition) is 2. The number of carbonyl (C=O) groups is 1. The molecule has 114 valence electrons. The second-order valence-electron chi connectivity index (χ2n) is 6.18. The van der Waals surface area contributed by atoms with Gasteiger partial charge in [0.1, 0.15) is 0 Å². The standard InChI is InChI=1S/C19H22N2O/c1-12-7-6-8-13(2)18(12)21-19(22)16-11-14(3)20-17-10-5-4-9-15(16)17/h4-10,14,16,20H,11H2,1-3H3,(H,21,22). The Kier molecular flexibility index (Phi) is 3.88. The second kappa shape index (κ2) is 5.84. The van der Waals surface area contributed by atoms with Crippen molar-refractivity contribution < 1.29 is 4.79 Å². The zero-order chi connectivity index (χ0) is 15.7. The number of amides is 1. The summed E-state index contributed by atoms with van der Waals surface area (Å²) >= 11 is 0. The summed E-state index contributed by atoms with van der Waals surface area (Å²) in [5.74, 6) is -0.0235. The van der Waals surface area contributed by atoms with Crippen molar-refractivity contribution in [2.75, 3.05) is 10.6 Å². The first-order valence-corrected chi connectivity index (χ1v) is 7.79. The van der Waals surface area contributed by atoms with E-state index >= 15 is 0 Å². The fraction of sp³-hybridized carbons (Fsp3) is 0.316. The number of aryl methyl sites for hydroxylation is 2. The molecule has 0 saturated carbocycles. The molecule has 2 N–H and O–H groups in total. The molecule has 2 unspecified atom stereocenters. The van der Waals surface area contributed by atoms with Gasteiger partial charge in [-0.25, -0.2) is 0 Å². The molecule has 2 aromatic carbocycles. The molecule has 22 heavy (non-hydrogen) atoms. The van der Waals surface area contributed by atoms with Gasteiger partial charge >= 0.3 is 0 Å². The van der Waals surface area contributed by atoms with Gasteiger partial charge in [-0.1, -0.05) is 36.4 Å². The molecule has 1 aliphatic heterocycles. The highest BCUT2D eigenvalue weighted by atomic mass is 16.1. The minimum atomic E-state index is -0.105. The first kappa shape index (κ1) is 14.6. The molecule has 0 saturated heterocycles. The van der Waals surface area contributed by atoms with Gasteiger partial charge in [0, 0.05) is 17.4 Å². The number of benzene rings is 2. The minimum Gasteiger partial charge on any atom is -0.382 e. The molecule has 0 radical (unpaired) electrons. The van der Waals surface area contributed by atoms with Crippen LogP contribution in [0, 0.1) is 13.8 Å². The molecular formula is C19H22N2O. The summed E-state index contributed by atoms with van der Waals surface area (Å²) in [6, 6.07) is 14.5. The summed E-state index contributed by atoms with van der Waals surface area (Å²) in [6.07, 6.45) is 0.813. The number of nitrogens with one attached hydrogen (secondary N) is 2. The molecule has 3 heteroatoms. The maximum absolute atomic E-state index is 12.8. The highest BCUT2D eigenvalue weighted by Gasteiger charge is 2.29. The van der Waals surface area contributed by atoms with Crippen LogP contribution in [0.1, 0.15) is 36.0 Å². The van der Waals surface area contributed by atoms with Crippen LogP contribution < -0.4 is 10.6 Å². The molecule has 0 aromatic heterocycles. The zero-order valence-corrected chi connectivity index (χ0v) is 13.3. The van der Waals surface area contributed by atoms with Crippen molar-refractivity contribution in [2.24, 2.45) is 0 Å². The van der Waals surface area contributed by atoms with Crippen LogP contribution in [-0.2, 0) is 4.79 Å².